The molecule has 4 rings (SSSR count). The number of amides is 3. The van der Waals surface area contributed by atoms with Crippen molar-refractivity contribution in [1.82, 2.24) is 20.5 Å². The first-order valence-electron chi connectivity index (χ1n) is 9.39. The lowest BCUT2D eigenvalue weighted by Gasteiger charge is -2.40. The fourth-order valence-electron chi connectivity index (χ4n) is 4.27. The number of carbonyl (C=O) groups is 2. The third kappa shape index (κ3) is 3.12. The monoisotopic (exact) mass is 375 g/mol. The second-order valence-electron chi connectivity index (χ2n) is 7.25. The average molecular weight is 375 g/mol. The van der Waals surface area contributed by atoms with Crippen LogP contribution in [0, 0.1) is 17.2 Å². The second-order valence-corrected chi connectivity index (χ2v) is 7.25. The van der Waals surface area contributed by atoms with Gasteiger partial charge in [0.15, 0.2) is 5.54 Å². The Kier molecular flexibility index (Phi) is 4.80. The van der Waals surface area contributed by atoms with Crippen molar-refractivity contribution in [3.63, 3.8) is 0 Å². The van der Waals surface area contributed by atoms with Crippen LogP contribution in [0.3, 0.4) is 0 Å². The Morgan fingerprint density at radius 3 is 2.54 bits per heavy atom. The maximum Gasteiger partial charge on any atom is 0.322 e. The van der Waals surface area contributed by atoms with Crippen LogP contribution in [0.5, 0.6) is 0 Å². The first-order valence-corrected chi connectivity index (χ1v) is 9.39. The number of nitrogens with one attached hydrogen (secondary N) is 2. The molecule has 0 spiro atoms. The maximum atomic E-state index is 12.8. The molecule has 0 aliphatic carbocycles. The maximum absolute atomic E-state index is 12.8. The highest BCUT2D eigenvalue weighted by atomic mass is 16.2. The van der Waals surface area contributed by atoms with Gasteiger partial charge in [0, 0.05) is 12.7 Å². The van der Waals surface area contributed by atoms with E-state index in [0.29, 0.717) is 17.8 Å². The molecule has 0 radical (unpaired) electrons. The summed E-state index contributed by atoms with van der Waals surface area (Å²) in [6.45, 7) is 2.26. The largest absolute Gasteiger partial charge is 0.322 e. The van der Waals surface area contributed by atoms with Crippen LogP contribution in [0.2, 0.25) is 0 Å². The van der Waals surface area contributed by atoms with Crippen LogP contribution in [0.15, 0.2) is 48.7 Å². The molecule has 2 saturated heterocycles. The Bertz CT molecular complexity index is 931. The number of likely N-dealkylation sites (tertiary alicyclic amines) is 1. The molecule has 0 unspecified atom stereocenters. The molecule has 2 aromatic rings. The zero-order chi connectivity index (χ0) is 19.6. The molecule has 1 aromatic carbocycles. The Morgan fingerprint density at radius 1 is 1.14 bits per heavy atom. The van der Waals surface area contributed by atoms with Crippen molar-refractivity contribution in [3.05, 3.63) is 65.5 Å². The molecular formula is C21H21N5O2. The number of rotatable bonds is 4. The molecule has 2 N–H and O–H groups in total. The summed E-state index contributed by atoms with van der Waals surface area (Å²) in [6, 6.07) is 14.8. The summed E-state index contributed by atoms with van der Waals surface area (Å²) in [6.07, 6.45) is 3.14. The van der Waals surface area contributed by atoms with E-state index >= 15 is 0 Å². The van der Waals surface area contributed by atoms with Crippen molar-refractivity contribution in [2.45, 2.75) is 24.9 Å². The predicted molar refractivity (Wildman–Crippen MR) is 102 cm³/mol. The Morgan fingerprint density at radius 2 is 1.89 bits per heavy atom. The number of piperidine rings is 1. The highest BCUT2D eigenvalue weighted by molar-refractivity contribution is 6.07. The van der Waals surface area contributed by atoms with Gasteiger partial charge in [0.05, 0.1) is 17.3 Å². The number of aromatic nitrogens is 1. The highest BCUT2D eigenvalue weighted by Gasteiger charge is 2.54. The van der Waals surface area contributed by atoms with Crippen LogP contribution >= 0.6 is 0 Å². The van der Waals surface area contributed by atoms with E-state index in [1.54, 1.807) is 18.3 Å². The van der Waals surface area contributed by atoms with E-state index in [2.05, 4.69) is 26.6 Å². The number of pyridine rings is 1. The topological polar surface area (TPSA) is 98.1 Å². The number of nitrogens with zero attached hydrogens (tertiary/aromatic N) is 3. The van der Waals surface area contributed by atoms with Crippen LogP contribution in [-0.4, -0.2) is 34.9 Å². The summed E-state index contributed by atoms with van der Waals surface area (Å²) in [5.41, 5.74) is 1.16. The normalized spacial score (nSPS) is 23.1. The Labute approximate surface area is 163 Å². The molecular weight excluding hydrogens is 354 g/mol. The Balaban J connectivity index is 1.52. The third-order valence-electron chi connectivity index (χ3n) is 5.70. The van der Waals surface area contributed by atoms with E-state index in [9.17, 15) is 14.9 Å². The van der Waals surface area contributed by atoms with Crippen LogP contribution in [0.25, 0.3) is 0 Å². The molecule has 3 heterocycles. The minimum Gasteiger partial charge on any atom is -0.318 e. The van der Waals surface area contributed by atoms with Gasteiger partial charge in [-0.15, -0.1) is 0 Å². The molecule has 1 aromatic heterocycles. The molecule has 0 saturated carbocycles. The van der Waals surface area contributed by atoms with Crippen molar-refractivity contribution < 1.29 is 9.59 Å². The molecule has 7 nitrogen and oxygen atoms in total. The van der Waals surface area contributed by atoms with Crippen molar-refractivity contribution in [2.75, 3.05) is 13.1 Å². The van der Waals surface area contributed by atoms with E-state index < -0.39 is 11.6 Å². The lowest BCUT2D eigenvalue weighted by atomic mass is 9.75. The highest BCUT2D eigenvalue weighted by Crippen LogP contribution is 2.38. The first kappa shape index (κ1) is 18.1. The lowest BCUT2D eigenvalue weighted by molar-refractivity contribution is -0.127. The van der Waals surface area contributed by atoms with E-state index in [-0.39, 0.29) is 11.8 Å². The van der Waals surface area contributed by atoms with Crippen molar-refractivity contribution in [1.29, 1.82) is 5.26 Å². The zero-order valence-electron chi connectivity index (χ0n) is 15.4. The van der Waals surface area contributed by atoms with Gasteiger partial charge < -0.3 is 5.32 Å². The number of carbonyl (C=O) groups excluding carboxylic acids is 2. The van der Waals surface area contributed by atoms with Gasteiger partial charge in [-0.3, -0.25) is 20.0 Å². The van der Waals surface area contributed by atoms with Gasteiger partial charge in [0.1, 0.15) is 0 Å². The summed E-state index contributed by atoms with van der Waals surface area (Å²) in [5, 5.41) is 14.5. The van der Waals surface area contributed by atoms with Gasteiger partial charge in [0.2, 0.25) is 0 Å². The summed E-state index contributed by atoms with van der Waals surface area (Å²) in [5.74, 6) is -0.374. The Hall–Kier alpha value is -3.24. The molecule has 0 bridgehead atoms. The molecule has 7 heteroatoms. The van der Waals surface area contributed by atoms with Gasteiger partial charge in [0.25, 0.3) is 5.91 Å². The molecule has 2 fully saturated rings. The summed E-state index contributed by atoms with van der Waals surface area (Å²) in [4.78, 5) is 31.4. The standard InChI is InChI=1S/C21H21N5O2/c22-13-15-5-1-2-6-16(15)14-26-11-8-17(9-12-26)21(18-7-3-4-10-23-18)19(27)24-20(28)25-21/h1-7,10,17H,8-9,11-12,14H2,(H2,24,25,27,28)/t21-/m0/s1. The second kappa shape index (κ2) is 7.41. The fourth-order valence-corrected chi connectivity index (χ4v) is 4.27. The number of imide groups is 1. The summed E-state index contributed by atoms with van der Waals surface area (Å²) >= 11 is 0. The summed E-state index contributed by atoms with van der Waals surface area (Å²) < 4.78 is 0. The fraction of sp³-hybridized carbons (Fsp3) is 0.333. The van der Waals surface area contributed by atoms with Gasteiger partial charge in [-0.25, -0.2) is 4.79 Å². The number of nitriles is 1. The molecule has 3 amide bonds. The number of urea groups is 1. The van der Waals surface area contributed by atoms with Gasteiger partial charge in [-0.1, -0.05) is 24.3 Å². The van der Waals surface area contributed by atoms with Crippen molar-refractivity contribution >= 4 is 11.9 Å². The van der Waals surface area contributed by atoms with Gasteiger partial charge >= 0.3 is 6.03 Å². The van der Waals surface area contributed by atoms with Gasteiger partial charge in [-0.2, -0.15) is 5.26 Å². The quantitative estimate of drug-likeness (QED) is 0.796. The van der Waals surface area contributed by atoms with E-state index in [1.807, 2.05) is 30.3 Å². The number of benzene rings is 1. The van der Waals surface area contributed by atoms with E-state index in [1.165, 1.54) is 0 Å². The van der Waals surface area contributed by atoms with Crippen LogP contribution in [0.4, 0.5) is 4.79 Å². The predicted octanol–water partition coefficient (Wildman–Crippen LogP) is 1.90. The minimum absolute atomic E-state index is 0.0451. The lowest BCUT2D eigenvalue weighted by Crippen LogP contribution is -2.53. The third-order valence-corrected chi connectivity index (χ3v) is 5.70. The minimum atomic E-state index is -1.12. The molecule has 2 aliphatic rings. The van der Waals surface area contributed by atoms with Crippen LogP contribution in [0.1, 0.15) is 29.7 Å². The van der Waals surface area contributed by atoms with Gasteiger partial charge in [-0.05, 0) is 55.6 Å². The number of hydrogen-bond acceptors (Lipinski definition) is 5. The van der Waals surface area contributed by atoms with Crippen LogP contribution in [-0.2, 0) is 16.9 Å². The van der Waals surface area contributed by atoms with Crippen molar-refractivity contribution in [2.24, 2.45) is 5.92 Å². The number of hydrogen-bond donors (Lipinski definition) is 2. The molecule has 2 aliphatic heterocycles. The molecule has 28 heavy (non-hydrogen) atoms. The van der Waals surface area contributed by atoms with Crippen molar-refractivity contribution in [3.8, 4) is 6.07 Å². The van der Waals surface area contributed by atoms with Crippen LogP contribution < -0.4 is 10.6 Å². The summed E-state index contributed by atoms with van der Waals surface area (Å²) in [7, 11) is 0. The van der Waals surface area contributed by atoms with E-state index in [0.717, 1.165) is 31.5 Å². The smallest absolute Gasteiger partial charge is 0.318 e. The first-order chi connectivity index (χ1) is 13.6. The molecule has 1 atom stereocenters. The van der Waals surface area contributed by atoms with E-state index in [4.69, 9.17) is 0 Å². The SMILES string of the molecule is N#Cc1ccccc1CN1CCC([C@@]2(c3ccccn3)NC(=O)NC2=O)CC1. The average Bonchev–Trinajstić information content (AvgIpc) is 3.04. The molecule has 142 valence electrons. The zero-order valence-corrected chi connectivity index (χ0v) is 15.4.